The molecule has 0 bridgehead atoms. The van der Waals surface area contributed by atoms with Gasteiger partial charge in [0.15, 0.2) is 0 Å². The zero-order valence-electron chi connectivity index (χ0n) is 11.9. The van der Waals surface area contributed by atoms with Gasteiger partial charge in [0.2, 0.25) is 0 Å². The maximum atomic E-state index is 11.2. The summed E-state index contributed by atoms with van der Waals surface area (Å²) in [5.74, 6) is 0. The minimum absolute atomic E-state index is 0.0773. The first-order valence-corrected chi connectivity index (χ1v) is 7.05. The SMILES string of the molecule is CN1CCOC2CN(c3cc(CO)ccc3[N+](=O)[O-])CC21. The van der Waals surface area contributed by atoms with Crippen molar-refractivity contribution in [3.63, 3.8) is 0 Å². The van der Waals surface area contributed by atoms with E-state index in [1.165, 1.54) is 6.07 Å². The molecule has 2 atom stereocenters. The van der Waals surface area contributed by atoms with Crippen molar-refractivity contribution in [2.24, 2.45) is 0 Å². The lowest BCUT2D eigenvalue weighted by Gasteiger charge is -2.33. The molecule has 7 heteroatoms. The molecule has 0 aliphatic carbocycles. The highest BCUT2D eigenvalue weighted by atomic mass is 16.6. The highest BCUT2D eigenvalue weighted by Crippen LogP contribution is 2.34. The van der Waals surface area contributed by atoms with Crippen LogP contribution >= 0.6 is 0 Å². The Hall–Kier alpha value is -1.70. The van der Waals surface area contributed by atoms with Gasteiger partial charge < -0.3 is 14.7 Å². The van der Waals surface area contributed by atoms with E-state index in [-0.39, 0.29) is 29.4 Å². The summed E-state index contributed by atoms with van der Waals surface area (Å²) < 4.78 is 5.78. The minimum atomic E-state index is -0.372. The molecule has 0 amide bonds. The summed E-state index contributed by atoms with van der Waals surface area (Å²) >= 11 is 0. The van der Waals surface area contributed by atoms with E-state index in [0.717, 1.165) is 6.54 Å². The van der Waals surface area contributed by atoms with Crippen LogP contribution in [0.25, 0.3) is 0 Å². The molecular formula is C14H19N3O4. The molecule has 2 fully saturated rings. The number of nitrogens with zero attached hydrogens (tertiary/aromatic N) is 3. The van der Waals surface area contributed by atoms with E-state index < -0.39 is 0 Å². The predicted octanol–water partition coefficient (Wildman–Crippen LogP) is 0.606. The monoisotopic (exact) mass is 293 g/mol. The fourth-order valence-electron chi connectivity index (χ4n) is 3.13. The first kappa shape index (κ1) is 14.2. The molecule has 0 saturated carbocycles. The number of aliphatic hydroxyl groups excluding tert-OH is 1. The van der Waals surface area contributed by atoms with E-state index in [1.807, 2.05) is 4.90 Å². The second kappa shape index (κ2) is 5.59. The van der Waals surface area contributed by atoms with Gasteiger partial charge >= 0.3 is 0 Å². The van der Waals surface area contributed by atoms with Gasteiger partial charge in [-0.1, -0.05) is 0 Å². The van der Waals surface area contributed by atoms with Gasteiger partial charge in [-0.15, -0.1) is 0 Å². The minimum Gasteiger partial charge on any atom is -0.392 e. The average molecular weight is 293 g/mol. The summed E-state index contributed by atoms with van der Waals surface area (Å²) in [5.41, 5.74) is 1.33. The van der Waals surface area contributed by atoms with Crippen LogP contribution in [0.1, 0.15) is 5.56 Å². The maximum absolute atomic E-state index is 11.2. The van der Waals surface area contributed by atoms with Crippen LogP contribution in [0.2, 0.25) is 0 Å². The number of nitro benzene ring substituents is 1. The smallest absolute Gasteiger partial charge is 0.292 e. The van der Waals surface area contributed by atoms with Crippen molar-refractivity contribution < 1.29 is 14.8 Å². The summed E-state index contributed by atoms with van der Waals surface area (Å²) in [6.45, 7) is 2.81. The van der Waals surface area contributed by atoms with Crippen LogP contribution in [0.3, 0.4) is 0 Å². The average Bonchev–Trinajstić information content (AvgIpc) is 2.92. The van der Waals surface area contributed by atoms with Crippen molar-refractivity contribution in [2.75, 3.05) is 38.2 Å². The molecule has 0 aromatic heterocycles. The molecule has 2 heterocycles. The number of anilines is 1. The Labute approximate surface area is 122 Å². The van der Waals surface area contributed by atoms with Crippen LogP contribution in [0, 0.1) is 10.1 Å². The molecule has 2 unspecified atom stereocenters. The van der Waals surface area contributed by atoms with E-state index in [1.54, 1.807) is 12.1 Å². The van der Waals surface area contributed by atoms with Crippen LogP contribution in [-0.2, 0) is 11.3 Å². The Morgan fingerprint density at radius 2 is 2.29 bits per heavy atom. The molecule has 2 aliphatic rings. The van der Waals surface area contributed by atoms with E-state index >= 15 is 0 Å². The summed E-state index contributed by atoms with van der Waals surface area (Å²) in [6.07, 6.45) is 0.0844. The molecule has 114 valence electrons. The second-order valence-electron chi connectivity index (χ2n) is 5.60. The van der Waals surface area contributed by atoms with Gasteiger partial charge in [0.25, 0.3) is 5.69 Å². The third kappa shape index (κ3) is 2.59. The third-order valence-electron chi connectivity index (χ3n) is 4.34. The number of aliphatic hydroxyl groups is 1. The van der Waals surface area contributed by atoms with E-state index in [9.17, 15) is 15.2 Å². The Balaban J connectivity index is 1.91. The molecule has 7 nitrogen and oxygen atoms in total. The molecular weight excluding hydrogens is 274 g/mol. The van der Waals surface area contributed by atoms with Gasteiger partial charge in [-0.2, -0.15) is 0 Å². The zero-order chi connectivity index (χ0) is 15.0. The Bertz CT molecular complexity index is 551. The zero-order valence-corrected chi connectivity index (χ0v) is 11.9. The molecule has 0 radical (unpaired) electrons. The van der Waals surface area contributed by atoms with E-state index in [0.29, 0.717) is 30.9 Å². The molecule has 1 N–H and O–H groups in total. The number of hydrogen-bond acceptors (Lipinski definition) is 6. The molecule has 1 aromatic carbocycles. The van der Waals surface area contributed by atoms with Crippen LogP contribution in [0.4, 0.5) is 11.4 Å². The van der Waals surface area contributed by atoms with Crippen molar-refractivity contribution in [3.8, 4) is 0 Å². The molecule has 0 spiro atoms. The first-order valence-electron chi connectivity index (χ1n) is 7.05. The maximum Gasteiger partial charge on any atom is 0.292 e. The summed E-state index contributed by atoms with van der Waals surface area (Å²) in [7, 11) is 2.06. The van der Waals surface area contributed by atoms with Crippen LogP contribution in [0.15, 0.2) is 18.2 Å². The standard InChI is InChI=1S/C14H19N3O4/c1-15-4-5-21-14-8-16(7-13(14)15)12-6-10(9-18)2-3-11(12)17(19)20/h2-3,6,13-14,18H,4-5,7-9H2,1H3. The Kier molecular flexibility index (Phi) is 3.79. The molecule has 21 heavy (non-hydrogen) atoms. The Morgan fingerprint density at radius 1 is 1.48 bits per heavy atom. The molecule has 3 rings (SSSR count). The normalized spacial score (nSPS) is 25.9. The highest BCUT2D eigenvalue weighted by molar-refractivity contribution is 5.65. The quantitative estimate of drug-likeness (QED) is 0.649. The number of benzene rings is 1. The lowest BCUT2D eigenvalue weighted by atomic mass is 10.1. The number of hydrogen-bond donors (Lipinski definition) is 1. The van der Waals surface area contributed by atoms with Gasteiger partial charge in [0, 0.05) is 25.7 Å². The number of ether oxygens (including phenoxy) is 1. The molecule has 2 aliphatic heterocycles. The van der Waals surface area contributed by atoms with Gasteiger partial charge in [0.1, 0.15) is 5.69 Å². The van der Waals surface area contributed by atoms with Crippen molar-refractivity contribution in [3.05, 3.63) is 33.9 Å². The summed E-state index contributed by atoms with van der Waals surface area (Å²) in [6, 6.07) is 5.02. The van der Waals surface area contributed by atoms with Crippen LogP contribution in [-0.4, -0.2) is 60.4 Å². The Morgan fingerprint density at radius 3 is 2.95 bits per heavy atom. The number of morpholine rings is 1. The lowest BCUT2D eigenvalue weighted by Crippen LogP contribution is -2.48. The van der Waals surface area contributed by atoms with Crippen molar-refractivity contribution in [1.29, 1.82) is 0 Å². The number of fused-ring (bicyclic) bond motifs is 1. The van der Waals surface area contributed by atoms with Gasteiger partial charge in [0.05, 0.1) is 30.3 Å². The van der Waals surface area contributed by atoms with Crippen LogP contribution < -0.4 is 4.90 Å². The third-order valence-corrected chi connectivity index (χ3v) is 4.34. The largest absolute Gasteiger partial charge is 0.392 e. The molecule has 2 saturated heterocycles. The second-order valence-corrected chi connectivity index (χ2v) is 5.60. The highest BCUT2D eigenvalue weighted by Gasteiger charge is 2.40. The first-order chi connectivity index (χ1) is 10.1. The number of likely N-dealkylation sites (N-methyl/N-ethyl adjacent to an activating group) is 1. The van der Waals surface area contributed by atoms with Crippen molar-refractivity contribution in [1.82, 2.24) is 4.90 Å². The summed E-state index contributed by atoms with van der Waals surface area (Å²) in [4.78, 5) is 15.1. The number of rotatable bonds is 3. The predicted molar refractivity (Wildman–Crippen MR) is 77.4 cm³/mol. The van der Waals surface area contributed by atoms with Gasteiger partial charge in [-0.3, -0.25) is 15.0 Å². The lowest BCUT2D eigenvalue weighted by molar-refractivity contribution is -0.384. The van der Waals surface area contributed by atoms with Crippen molar-refractivity contribution >= 4 is 11.4 Å². The number of nitro groups is 1. The summed E-state index contributed by atoms with van der Waals surface area (Å²) in [5, 5.41) is 20.5. The van der Waals surface area contributed by atoms with Gasteiger partial charge in [-0.05, 0) is 24.7 Å². The van der Waals surface area contributed by atoms with Crippen LogP contribution in [0.5, 0.6) is 0 Å². The van der Waals surface area contributed by atoms with E-state index in [2.05, 4.69) is 11.9 Å². The van der Waals surface area contributed by atoms with E-state index in [4.69, 9.17) is 4.74 Å². The fourth-order valence-corrected chi connectivity index (χ4v) is 3.13. The molecule has 1 aromatic rings. The van der Waals surface area contributed by atoms with Crippen molar-refractivity contribution in [2.45, 2.75) is 18.8 Å². The topological polar surface area (TPSA) is 79.1 Å². The fraction of sp³-hybridized carbons (Fsp3) is 0.571. The van der Waals surface area contributed by atoms with Gasteiger partial charge in [-0.25, -0.2) is 0 Å².